The standard InChI is InChI=1S/C17H17NO/c1-13-8-10-16(11-9-13)18-14(2)12-17(19)15-6-4-3-5-7-15/h3-12,18H,1-2H3/b14-12+. The van der Waals surface area contributed by atoms with Crippen molar-refractivity contribution in [3.63, 3.8) is 0 Å². The van der Waals surface area contributed by atoms with Crippen molar-refractivity contribution in [3.8, 4) is 0 Å². The van der Waals surface area contributed by atoms with E-state index in [1.807, 2.05) is 68.4 Å². The number of ketones is 1. The van der Waals surface area contributed by atoms with Gasteiger partial charge in [-0.25, -0.2) is 0 Å². The van der Waals surface area contributed by atoms with E-state index in [4.69, 9.17) is 0 Å². The molecule has 0 atom stereocenters. The Labute approximate surface area is 113 Å². The van der Waals surface area contributed by atoms with Crippen molar-refractivity contribution in [2.45, 2.75) is 13.8 Å². The van der Waals surface area contributed by atoms with Crippen molar-refractivity contribution < 1.29 is 4.79 Å². The van der Waals surface area contributed by atoms with E-state index in [2.05, 4.69) is 5.32 Å². The molecule has 2 aromatic carbocycles. The second kappa shape index (κ2) is 6.01. The zero-order valence-corrected chi connectivity index (χ0v) is 11.2. The first-order chi connectivity index (χ1) is 9.15. The molecule has 0 saturated carbocycles. The quantitative estimate of drug-likeness (QED) is 0.652. The molecule has 0 amide bonds. The van der Waals surface area contributed by atoms with Crippen LogP contribution in [0.15, 0.2) is 66.4 Å². The molecular formula is C17H17NO. The number of carbonyl (C=O) groups is 1. The first kappa shape index (κ1) is 13.1. The lowest BCUT2D eigenvalue weighted by atomic mass is 10.1. The maximum atomic E-state index is 12.0. The monoisotopic (exact) mass is 251 g/mol. The van der Waals surface area contributed by atoms with Crippen molar-refractivity contribution in [1.82, 2.24) is 0 Å². The third-order valence-electron chi connectivity index (χ3n) is 2.80. The van der Waals surface area contributed by atoms with Crippen LogP contribution in [0.5, 0.6) is 0 Å². The zero-order chi connectivity index (χ0) is 13.7. The zero-order valence-electron chi connectivity index (χ0n) is 11.2. The summed E-state index contributed by atoms with van der Waals surface area (Å²) in [7, 11) is 0. The number of benzene rings is 2. The number of nitrogens with one attached hydrogen (secondary N) is 1. The second-order valence-electron chi connectivity index (χ2n) is 4.55. The smallest absolute Gasteiger partial charge is 0.187 e. The molecule has 2 rings (SSSR count). The van der Waals surface area contributed by atoms with Gasteiger partial charge in [-0.15, -0.1) is 0 Å². The minimum atomic E-state index is 0.0118. The Balaban J connectivity index is 2.07. The number of carbonyl (C=O) groups excluding carboxylic acids is 1. The molecule has 0 aliphatic heterocycles. The van der Waals surface area contributed by atoms with Crippen LogP contribution < -0.4 is 5.32 Å². The average Bonchev–Trinajstić information content (AvgIpc) is 2.42. The van der Waals surface area contributed by atoms with Crippen LogP contribution in [0, 0.1) is 6.92 Å². The second-order valence-corrected chi connectivity index (χ2v) is 4.55. The summed E-state index contributed by atoms with van der Waals surface area (Å²) in [6.45, 7) is 3.94. The molecule has 1 N–H and O–H groups in total. The normalized spacial score (nSPS) is 11.2. The van der Waals surface area contributed by atoms with Crippen LogP contribution in [0.3, 0.4) is 0 Å². The highest BCUT2D eigenvalue weighted by molar-refractivity contribution is 6.05. The van der Waals surface area contributed by atoms with Gasteiger partial charge in [-0.3, -0.25) is 4.79 Å². The number of hydrogen-bond acceptors (Lipinski definition) is 2. The van der Waals surface area contributed by atoms with Crippen molar-refractivity contribution >= 4 is 11.5 Å². The Morgan fingerprint density at radius 3 is 2.26 bits per heavy atom. The van der Waals surface area contributed by atoms with E-state index < -0.39 is 0 Å². The molecule has 0 spiro atoms. The van der Waals surface area contributed by atoms with Crippen molar-refractivity contribution in [2.75, 3.05) is 5.32 Å². The van der Waals surface area contributed by atoms with Gasteiger partial charge in [-0.2, -0.15) is 0 Å². The van der Waals surface area contributed by atoms with Crippen molar-refractivity contribution in [2.24, 2.45) is 0 Å². The molecule has 0 aromatic heterocycles. The lowest BCUT2D eigenvalue weighted by molar-refractivity contribution is 0.104. The van der Waals surface area contributed by atoms with Crippen LogP contribution in [0.4, 0.5) is 5.69 Å². The molecule has 19 heavy (non-hydrogen) atoms. The van der Waals surface area contributed by atoms with E-state index in [1.165, 1.54) is 5.56 Å². The maximum Gasteiger partial charge on any atom is 0.187 e. The number of hydrogen-bond donors (Lipinski definition) is 1. The van der Waals surface area contributed by atoms with Crippen LogP contribution in [0.25, 0.3) is 0 Å². The fraction of sp³-hybridized carbons (Fsp3) is 0.118. The molecule has 2 nitrogen and oxygen atoms in total. The van der Waals surface area contributed by atoms with E-state index in [0.717, 1.165) is 11.4 Å². The molecule has 0 heterocycles. The van der Waals surface area contributed by atoms with Gasteiger partial charge in [0.1, 0.15) is 0 Å². The van der Waals surface area contributed by atoms with Gasteiger partial charge in [0.25, 0.3) is 0 Å². The van der Waals surface area contributed by atoms with Gasteiger partial charge >= 0.3 is 0 Å². The summed E-state index contributed by atoms with van der Waals surface area (Å²) in [6, 6.07) is 17.3. The molecule has 0 aliphatic rings. The Hall–Kier alpha value is -2.35. The van der Waals surface area contributed by atoms with E-state index >= 15 is 0 Å². The van der Waals surface area contributed by atoms with Gasteiger partial charge in [-0.05, 0) is 26.0 Å². The van der Waals surface area contributed by atoms with Gasteiger partial charge in [0.05, 0.1) is 0 Å². The summed E-state index contributed by atoms with van der Waals surface area (Å²) in [6.07, 6.45) is 1.62. The Morgan fingerprint density at radius 1 is 1.00 bits per heavy atom. The number of allylic oxidation sites excluding steroid dienone is 2. The third-order valence-corrected chi connectivity index (χ3v) is 2.80. The summed E-state index contributed by atoms with van der Waals surface area (Å²) in [5.41, 5.74) is 3.73. The van der Waals surface area contributed by atoms with Crippen LogP contribution in [0.1, 0.15) is 22.8 Å². The van der Waals surface area contributed by atoms with Gasteiger partial charge in [0.15, 0.2) is 5.78 Å². The Kier molecular flexibility index (Phi) is 4.14. The molecule has 0 fully saturated rings. The topological polar surface area (TPSA) is 29.1 Å². The van der Waals surface area contributed by atoms with Crippen molar-refractivity contribution in [1.29, 1.82) is 0 Å². The molecule has 0 aliphatic carbocycles. The number of anilines is 1. The highest BCUT2D eigenvalue weighted by Gasteiger charge is 2.02. The predicted molar refractivity (Wildman–Crippen MR) is 79.3 cm³/mol. The number of aryl methyl sites for hydroxylation is 1. The molecular weight excluding hydrogens is 234 g/mol. The predicted octanol–water partition coefficient (Wildman–Crippen LogP) is 4.19. The van der Waals surface area contributed by atoms with Crippen LogP contribution in [-0.2, 0) is 0 Å². The highest BCUT2D eigenvalue weighted by Crippen LogP contribution is 2.12. The fourth-order valence-corrected chi connectivity index (χ4v) is 1.78. The molecule has 2 heteroatoms. The molecule has 0 unspecified atom stereocenters. The summed E-state index contributed by atoms with van der Waals surface area (Å²) in [5.74, 6) is 0.0118. The highest BCUT2D eigenvalue weighted by atomic mass is 16.1. The molecule has 96 valence electrons. The van der Waals surface area contributed by atoms with Crippen LogP contribution in [-0.4, -0.2) is 5.78 Å². The minimum Gasteiger partial charge on any atom is -0.359 e. The van der Waals surface area contributed by atoms with Gasteiger partial charge in [-0.1, -0.05) is 48.0 Å². The lowest BCUT2D eigenvalue weighted by Gasteiger charge is -2.06. The van der Waals surface area contributed by atoms with Crippen molar-refractivity contribution in [3.05, 3.63) is 77.5 Å². The number of rotatable bonds is 4. The average molecular weight is 251 g/mol. The maximum absolute atomic E-state index is 12.0. The van der Waals surface area contributed by atoms with Crippen LogP contribution >= 0.6 is 0 Å². The van der Waals surface area contributed by atoms with Gasteiger partial charge < -0.3 is 5.32 Å². The molecule has 0 saturated heterocycles. The summed E-state index contributed by atoms with van der Waals surface area (Å²) < 4.78 is 0. The van der Waals surface area contributed by atoms with Crippen LogP contribution in [0.2, 0.25) is 0 Å². The Morgan fingerprint density at radius 2 is 1.63 bits per heavy atom. The van der Waals surface area contributed by atoms with E-state index in [9.17, 15) is 4.79 Å². The summed E-state index contributed by atoms with van der Waals surface area (Å²) >= 11 is 0. The van der Waals surface area contributed by atoms with E-state index in [1.54, 1.807) is 6.08 Å². The van der Waals surface area contributed by atoms with E-state index in [-0.39, 0.29) is 5.78 Å². The summed E-state index contributed by atoms with van der Waals surface area (Å²) in [5, 5.41) is 3.21. The van der Waals surface area contributed by atoms with Gasteiger partial charge in [0, 0.05) is 23.0 Å². The summed E-state index contributed by atoms with van der Waals surface area (Å²) in [4.78, 5) is 12.0. The third kappa shape index (κ3) is 3.81. The molecule has 0 radical (unpaired) electrons. The first-order valence-electron chi connectivity index (χ1n) is 6.26. The van der Waals surface area contributed by atoms with Gasteiger partial charge in [0.2, 0.25) is 0 Å². The lowest BCUT2D eigenvalue weighted by Crippen LogP contribution is -2.01. The molecule has 2 aromatic rings. The SMILES string of the molecule is C/C(=C\C(=O)c1ccccc1)Nc1ccc(C)cc1. The largest absolute Gasteiger partial charge is 0.359 e. The van der Waals surface area contributed by atoms with E-state index in [0.29, 0.717) is 5.56 Å². The first-order valence-corrected chi connectivity index (χ1v) is 6.26. The minimum absolute atomic E-state index is 0.0118. The Bertz CT molecular complexity index is 582. The molecule has 0 bridgehead atoms. The fourth-order valence-electron chi connectivity index (χ4n) is 1.78.